The van der Waals surface area contributed by atoms with Gasteiger partial charge in [-0.05, 0) is 24.0 Å². The number of nitrogens with zero attached hydrogens (tertiary/aromatic N) is 4. The SMILES string of the molecule is CC(=O)O[C@H]1C[C@H](n2cnc3c(N[C@H]4CCc5ccccc54)ncnc32)O[C@@H]1CO. The number of hydrogen-bond donors (Lipinski definition) is 2. The number of aliphatic hydroxyl groups excluding tert-OH is 1. The molecule has 156 valence electrons. The summed E-state index contributed by atoms with van der Waals surface area (Å²) in [6, 6.07) is 8.61. The third-order valence-corrected chi connectivity index (χ3v) is 5.79. The summed E-state index contributed by atoms with van der Waals surface area (Å²) in [7, 11) is 0. The van der Waals surface area contributed by atoms with E-state index in [9.17, 15) is 9.90 Å². The first-order valence-corrected chi connectivity index (χ1v) is 10.1. The Balaban J connectivity index is 1.41. The Kier molecular flexibility index (Phi) is 4.84. The number of nitrogens with one attached hydrogen (secondary N) is 1. The minimum atomic E-state index is -0.578. The van der Waals surface area contributed by atoms with Crippen LogP contribution in [0.15, 0.2) is 36.9 Å². The molecule has 1 fully saturated rings. The second-order valence-electron chi connectivity index (χ2n) is 7.68. The maximum absolute atomic E-state index is 11.4. The van der Waals surface area contributed by atoms with Gasteiger partial charge in [0, 0.05) is 13.3 Å². The first-order valence-electron chi connectivity index (χ1n) is 10.1. The van der Waals surface area contributed by atoms with Crippen LogP contribution in [0.5, 0.6) is 0 Å². The molecule has 2 N–H and O–H groups in total. The molecule has 2 aromatic heterocycles. The van der Waals surface area contributed by atoms with Gasteiger partial charge in [-0.1, -0.05) is 24.3 Å². The van der Waals surface area contributed by atoms with E-state index in [0.29, 0.717) is 23.4 Å². The molecule has 0 saturated carbocycles. The number of aryl methyl sites for hydroxylation is 1. The molecule has 4 atom stereocenters. The molecule has 2 aliphatic rings. The number of rotatable bonds is 5. The van der Waals surface area contributed by atoms with Gasteiger partial charge in [0.2, 0.25) is 0 Å². The van der Waals surface area contributed by atoms with Gasteiger partial charge in [-0.15, -0.1) is 0 Å². The zero-order valence-electron chi connectivity index (χ0n) is 16.6. The molecule has 0 unspecified atom stereocenters. The van der Waals surface area contributed by atoms with Gasteiger partial charge < -0.3 is 19.9 Å². The molecule has 1 aromatic carbocycles. The zero-order chi connectivity index (χ0) is 20.7. The predicted molar refractivity (Wildman–Crippen MR) is 108 cm³/mol. The number of imidazole rings is 1. The Morgan fingerprint density at radius 2 is 2.20 bits per heavy atom. The number of ether oxygens (including phenoxy) is 2. The molecular weight excluding hydrogens is 386 g/mol. The summed E-state index contributed by atoms with van der Waals surface area (Å²) < 4.78 is 13.0. The average Bonchev–Trinajstić information content (AvgIpc) is 3.45. The molecule has 3 heterocycles. The fourth-order valence-electron chi connectivity index (χ4n) is 4.41. The van der Waals surface area contributed by atoms with Gasteiger partial charge in [0.15, 0.2) is 17.0 Å². The van der Waals surface area contributed by atoms with Gasteiger partial charge in [0.05, 0.1) is 19.0 Å². The summed E-state index contributed by atoms with van der Waals surface area (Å²) in [6.45, 7) is 1.12. The van der Waals surface area contributed by atoms with Crippen LogP contribution in [0.4, 0.5) is 5.82 Å². The standard InChI is InChI=1S/C21H23N5O4/c1-12(28)29-16-8-18(30-17(16)9-27)26-11-24-19-20(22-10-23-21(19)26)25-15-7-6-13-4-2-3-5-14(13)15/h2-5,10-11,15-18,27H,6-9H2,1H3,(H,22,23,25)/t15-,16-,17+,18+/m0/s1. The summed E-state index contributed by atoms with van der Waals surface area (Å²) >= 11 is 0. The van der Waals surface area contributed by atoms with Crippen LogP contribution < -0.4 is 5.32 Å². The molecule has 5 rings (SSSR count). The molecule has 9 nitrogen and oxygen atoms in total. The molecule has 30 heavy (non-hydrogen) atoms. The molecule has 1 aliphatic carbocycles. The monoisotopic (exact) mass is 409 g/mol. The summed E-state index contributed by atoms with van der Waals surface area (Å²) in [5.74, 6) is 0.275. The van der Waals surface area contributed by atoms with Crippen molar-refractivity contribution >= 4 is 23.0 Å². The van der Waals surface area contributed by atoms with E-state index < -0.39 is 24.4 Å². The Morgan fingerprint density at radius 1 is 1.33 bits per heavy atom. The third-order valence-electron chi connectivity index (χ3n) is 5.79. The smallest absolute Gasteiger partial charge is 0.302 e. The van der Waals surface area contributed by atoms with Crippen LogP contribution in [0.25, 0.3) is 11.2 Å². The van der Waals surface area contributed by atoms with Crippen molar-refractivity contribution in [2.45, 2.75) is 50.7 Å². The van der Waals surface area contributed by atoms with Crippen LogP contribution in [0.3, 0.4) is 0 Å². The lowest BCUT2D eigenvalue weighted by molar-refractivity contribution is -0.150. The van der Waals surface area contributed by atoms with Crippen molar-refractivity contribution in [2.24, 2.45) is 0 Å². The number of benzene rings is 1. The van der Waals surface area contributed by atoms with Crippen molar-refractivity contribution in [3.63, 3.8) is 0 Å². The number of carbonyl (C=O) groups is 1. The summed E-state index contributed by atoms with van der Waals surface area (Å²) in [5.41, 5.74) is 3.93. The van der Waals surface area contributed by atoms with Crippen LogP contribution in [0, 0.1) is 0 Å². The fourth-order valence-corrected chi connectivity index (χ4v) is 4.41. The van der Waals surface area contributed by atoms with E-state index in [1.54, 1.807) is 10.9 Å². The fraction of sp³-hybridized carbons (Fsp3) is 0.429. The minimum Gasteiger partial charge on any atom is -0.460 e. The minimum absolute atomic E-state index is 0.180. The van der Waals surface area contributed by atoms with Crippen LogP contribution in [0.1, 0.15) is 43.2 Å². The zero-order valence-corrected chi connectivity index (χ0v) is 16.6. The quantitative estimate of drug-likeness (QED) is 0.617. The van der Waals surface area contributed by atoms with Crippen molar-refractivity contribution in [1.29, 1.82) is 0 Å². The molecule has 0 spiro atoms. The molecule has 0 radical (unpaired) electrons. The Hall–Kier alpha value is -3.04. The van der Waals surface area contributed by atoms with E-state index in [1.165, 1.54) is 24.4 Å². The van der Waals surface area contributed by atoms with E-state index in [-0.39, 0.29) is 12.6 Å². The van der Waals surface area contributed by atoms with Crippen LogP contribution in [-0.4, -0.2) is 49.4 Å². The lowest BCUT2D eigenvalue weighted by Gasteiger charge is -2.16. The first kappa shape index (κ1) is 19.0. The van der Waals surface area contributed by atoms with E-state index in [0.717, 1.165) is 12.8 Å². The maximum Gasteiger partial charge on any atom is 0.302 e. The maximum atomic E-state index is 11.4. The topological polar surface area (TPSA) is 111 Å². The Bertz CT molecular complexity index is 1080. The number of anilines is 1. The summed E-state index contributed by atoms with van der Waals surface area (Å²) in [5, 5.41) is 13.1. The molecule has 3 aromatic rings. The first-order chi connectivity index (χ1) is 14.6. The molecule has 1 aliphatic heterocycles. The van der Waals surface area contributed by atoms with Gasteiger partial charge in [-0.2, -0.15) is 0 Å². The second-order valence-corrected chi connectivity index (χ2v) is 7.68. The predicted octanol–water partition coefficient (Wildman–Crippen LogP) is 2.14. The van der Waals surface area contributed by atoms with Crippen molar-refractivity contribution in [3.05, 3.63) is 48.0 Å². The van der Waals surface area contributed by atoms with Gasteiger partial charge in [0.1, 0.15) is 24.8 Å². The Labute approximate surface area is 173 Å². The summed E-state index contributed by atoms with van der Waals surface area (Å²) in [4.78, 5) is 24.7. The molecule has 0 amide bonds. The van der Waals surface area contributed by atoms with E-state index in [1.807, 2.05) is 0 Å². The third kappa shape index (κ3) is 3.29. The van der Waals surface area contributed by atoms with Gasteiger partial charge >= 0.3 is 5.97 Å². The highest BCUT2D eigenvalue weighted by molar-refractivity contribution is 5.83. The average molecular weight is 409 g/mol. The Morgan fingerprint density at radius 3 is 3.03 bits per heavy atom. The summed E-state index contributed by atoms with van der Waals surface area (Å²) in [6.07, 6.45) is 4.08. The lowest BCUT2D eigenvalue weighted by atomic mass is 10.1. The number of hydrogen-bond acceptors (Lipinski definition) is 8. The molecule has 0 bridgehead atoms. The van der Waals surface area contributed by atoms with Crippen molar-refractivity contribution in [2.75, 3.05) is 11.9 Å². The van der Waals surface area contributed by atoms with E-state index >= 15 is 0 Å². The van der Waals surface area contributed by atoms with Crippen molar-refractivity contribution in [1.82, 2.24) is 19.5 Å². The van der Waals surface area contributed by atoms with Crippen LogP contribution in [0.2, 0.25) is 0 Å². The van der Waals surface area contributed by atoms with E-state index in [4.69, 9.17) is 9.47 Å². The molecule has 9 heteroatoms. The highest BCUT2D eigenvalue weighted by Crippen LogP contribution is 2.36. The normalized spacial score (nSPS) is 25.4. The van der Waals surface area contributed by atoms with Crippen LogP contribution >= 0.6 is 0 Å². The largest absolute Gasteiger partial charge is 0.460 e. The number of aliphatic hydroxyl groups is 1. The highest BCUT2D eigenvalue weighted by Gasteiger charge is 2.39. The lowest BCUT2D eigenvalue weighted by Crippen LogP contribution is -2.29. The van der Waals surface area contributed by atoms with Gasteiger partial charge in [0.25, 0.3) is 0 Å². The highest BCUT2D eigenvalue weighted by atomic mass is 16.6. The number of aromatic nitrogens is 4. The second kappa shape index (κ2) is 7.66. The number of fused-ring (bicyclic) bond motifs is 2. The van der Waals surface area contributed by atoms with Gasteiger partial charge in [-0.25, -0.2) is 15.0 Å². The number of carbonyl (C=O) groups excluding carboxylic acids is 1. The van der Waals surface area contributed by atoms with E-state index in [2.05, 4.69) is 44.5 Å². The van der Waals surface area contributed by atoms with Gasteiger partial charge in [-0.3, -0.25) is 9.36 Å². The van der Waals surface area contributed by atoms with Crippen molar-refractivity contribution in [3.8, 4) is 0 Å². The van der Waals surface area contributed by atoms with Crippen LogP contribution in [-0.2, 0) is 20.7 Å². The molecule has 1 saturated heterocycles. The van der Waals surface area contributed by atoms with Crippen molar-refractivity contribution < 1.29 is 19.4 Å². The number of esters is 1. The molecular formula is C21H23N5O4.